The van der Waals surface area contributed by atoms with E-state index in [9.17, 15) is 24.4 Å². The van der Waals surface area contributed by atoms with Gasteiger partial charge in [-0.1, -0.05) is 0 Å². The van der Waals surface area contributed by atoms with Gasteiger partial charge in [-0.05, 0) is 26.2 Å². The molecule has 12 heteroatoms. The first-order valence-electron chi connectivity index (χ1n) is 8.58. The largest absolute Gasteiger partial charge is 0.506 e. The summed E-state index contributed by atoms with van der Waals surface area (Å²) in [6.07, 6.45) is 2.78. The van der Waals surface area contributed by atoms with Crippen molar-refractivity contribution in [1.29, 1.82) is 0 Å². The summed E-state index contributed by atoms with van der Waals surface area (Å²) in [6, 6.07) is -0.902. The number of unbranched alkanes of at least 4 members (excludes halogenated alkanes) is 1. The number of aromatic nitrogens is 1. The molecule has 0 aliphatic carbocycles. The van der Waals surface area contributed by atoms with Crippen LogP contribution in [0.3, 0.4) is 0 Å². The third kappa shape index (κ3) is 8.77. The number of phosphoric ester groups is 1. The number of aromatic hydroxyl groups is 1. The van der Waals surface area contributed by atoms with Gasteiger partial charge < -0.3 is 30.6 Å². The van der Waals surface area contributed by atoms with Crippen LogP contribution in [0.5, 0.6) is 5.75 Å². The molecule has 0 saturated carbocycles. The number of carbonyl (C=O) groups excluding carboxylic acids is 1. The molecule has 1 rings (SSSR count). The lowest BCUT2D eigenvalue weighted by molar-refractivity contribution is -0.139. The zero-order valence-corrected chi connectivity index (χ0v) is 16.6. The summed E-state index contributed by atoms with van der Waals surface area (Å²) >= 11 is 0. The number of phosphoric acid groups is 1. The fourth-order valence-corrected chi connectivity index (χ4v) is 2.74. The molecule has 6 N–H and O–H groups in total. The molecule has 11 nitrogen and oxygen atoms in total. The van der Waals surface area contributed by atoms with Gasteiger partial charge >= 0.3 is 13.8 Å². The van der Waals surface area contributed by atoms with Crippen molar-refractivity contribution in [3.63, 3.8) is 0 Å². The number of aryl methyl sites for hydroxylation is 1. The van der Waals surface area contributed by atoms with E-state index in [1.54, 1.807) is 6.92 Å². The van der Waals surface area contributed by atoms with Crippen molar-refractivity contribution in [3.8, 4) is 5.75 Å². The Bertz CT molecular complexity index is 737. The number of nitrogens with zero attached hydrogens (tertiary/aromatic N) is 1. The molecular formula is C16H26N3O8P. The molecule has 0 spiro atoms. The van der Waals surface area contributed by atoms with Crippen LogP contribution >= 0.6 is 7.82 Å². The number of rotatable bonds is 12. The van der Waals surface area contributed by atoms with Crippen LogP contribution < -0.4 is 10.6 Å². The molecule has 28 heavy (non-hydrogen) atoms. The topological polar surface area (TPSA) is 178 Å². The molecule has 0 aliphatic heterocycles. The lowest BCUT2D eigenvalue weighted by Crippen LogP contribution is -2.36. The highest BCUT2D eigenvalue weighted by Gasteiger charge is 2.21. The van der Waals surface area contributed by atoms with Crippen LogP contribution in [-0.4, -0.2) is 49.4 Å². The summed E-state index contributed by atoms with van der Waals surface area (Å²) in [4.78, 5) is 43.9. The van der Waals surface area contributed by atoms with E-state index in [1.807, 2.05) is 0 Å². The fourth-order valence-electron chi connectivity index (χ4n) is 2.44. The third-order valence-corrected chi connectivity index (χ3v) is 4.40. The molecule has 0 aliphatic rings. The zero-order valence-electron chi connectivity index (χ0n) is 15.7. The molecule has 1 aromatic rings. The van der Waals surface area contributed by atoms with Gasteiger partial charge in [0.2, 0.25) is 5.91 Å². The van der Waals surface area contributed by atoms with Crippen LogP contribution in [-0.2, 0) is 31.8 Å². The first-order chi connectivity index (χ1) is 13.0. The van der Waals surface area contributed by atoms with Gasteiger partial charge in [0.15, 0.2) is 0 Å². The van der Waals surface area contributed by atoms with Gasteiger partial charge in [0.1, 0.15) is 11.8 Å². The van der Waals surface area contributed by atoms with E-state index in [4.69, 9.17) is 9.79 Å². The van der Waals surface area contributed by atoms with Crippen molar-refractivity contribution >= 4 is 19.7 Å². The molecule has 0 radical (unpaired) electrons. The Labute approximate surface area is 162 Å². The van der Waals surface area contributed by atoms with Crippen LogP contribution in [0.4, 0.5) is 0 Å². The Morgan fingerprint density at radius 2 is 2.00 bits per heavy atom. The van der Waals surface area contributed by atoms with Crippen LogP contribution in [0, 0.1) is 6.92 Å². The minimum Gasteiger partial charge on any atom is -0.506 e. The maximum atomic E-state index is 11.5. The molecule has 0 fully saturated rings. The summed E-state index contributed by atoms with van der Waals surface area (Å²) in [6.45, 7) is 2.85. The molecule has 1 aromatic heterocycles. The monoisotopic (exact) mass is 419 g/mol. The highest BCUT2D eigenvalue weighted by Crippen LogP contribution is 2.38. The van der Waals surface area contributed by atoms with E-state index in [-0.39, 0.29) is 29.3 Å². The van der Waals surface area contributed by atoms with Crippen molar-refractivity contribution in [2.24, 2.45) is 0 Å². The van der Waals surface area contributed by atoms with Gasteiger partial charge in [-0.2, -0.15) is 0 Å². The smallest absolute Gasteiger partial charge is 0.469 e. The molecule has 0 saturated heterocycles. The predicted molar refractivity (Wildman–Crippen MR) is 98.3 cm³/mol. The summed E-state index contributed by atoms with van der Waals surface area (Å²) in [5.41, 5.74) is 0.776. The number of nitrogens with one attached hydrogen (secondary N) is 2. The zero-order chi connectivity index (χ0) is 21.3. The molecule has 1 amide bonds. The Kier molecular flexibility index (Phi) is 9.50. The Morgan fingerprint density at radius 3 is 2.57 bits per heavy atom. The third-order valence-electron chi connectivity index (χ3n) is 3.94. The highest BCUT2D eigenvalue weighted by molar-refractivity contribution is 7.46. The fraction of sp³-hybridized carbons (Fsp3) is 0.562. The van der Waals surface area contributed by atoms with E-state index in [1.165, 1.54) is 13.1 Å². The van der Waals surface area contributed by atoms with E-state index in [0.29, 0.717) is 31.5 Å². The molecule has 1 heterocycles. The number of aliphatic carboxylic acids is 1. The average Bonchev–Trinajstić information content (AvgIpc) is 2.58. The van der Waals surface area contributed by atoms with Crippen LogP contribution in [0.2, 0.25) is 0 Å². The maximum absolute atomic E-state index is 11.5. The Balaban J connectivity index is 2.75. The minimum atomic E-state index is -4.71. The number of hydrogen-bond acceptors (Lipinski definition) is 7. The SMILES string of the molecule is CC(=O)NCCCC[C@H](NCc1c(COP(=O)(O)O)cnc(C)c1O)C(=O)O. The summed E-state index contributed by atoms with van der Waals surface area (Å²) in [5, 5.41) is 25.0. The summed E-state index contributed by atoms with van der Waals surface area (Å²) in [7, 11) is -4.71. The lowest BCUT2D eigenvalue weighted by Gasteiger charge is -2.18. The molecule has 0 aromatic carbocycles. The first-order valence-corrected chi connectivity index (χ1v) is 10.1. The van der Waals surface area contributed by atoms with Gasteiger partial charge in [-0.3, -0.25) is 19.1 Å². The van der Waals surface area contributed by atoms with Crippen LogP contribution in [0.25, 0.3) is 0 Å². The van der Waals surface area contributed by atoms with E-state index in [0.717, 1.165) is 0 Å². The second kappa shape index (κ2) is 11.1. The van der Waals surface area contributed by atoms with Crippen LogP contribution in [0.1, 0.15) is 43.0 Å². The minimum absolute atomic E-state index is 0.0578. The van der Waals surface area contributed by atoms with Crippen molar-refractivity contribution in [3.05, 3.63) is 23.0 Å². The lowest BCUT2D eigenvalue weighted by atomic mass is 10.1. The predicted octanol–water partition coefficient (Wildman–Crippen LogP) is 0.554. The second-order valence-electron chi connectivity index (χ2n) is 6.21. The summed E-state index contributed by atoms with van der Waals surface area (Å²) in [5.74, 6) is -1.42. The first kappa shape index (κ1) is 24.0. The maximum Gasteiger partial charge on any atom is 0.469 e. The average molecular weight is 419 g/mol. The van der Waals surface area contributed by atoms with Gasteiger partial charge in [0.05, 0.1) is 12.3 Å². The van der Waals surface area contributed by atoms with E-state index >= 15 is 0 Å². The Morgan fingerprint density at radius 1 is 1.32 bits per heavy atom. The van der Waals surface area contributed by atoms with Gasteiger partial charge in [-0.15, -0.1) is 0 Å². The number of hydrogen-bond donors (Lipinski definition) is 6. The van der Waals surface area contributed by atoms with Gasteiger partial charge in [0.25, 0.3) is 0 Å². The molecular weight excluding hydrogens is 393 g/mol. The number of carbonyl (C=O) groups is 2. The summed E-state index contributed by atoms with van der Waals surface area (Å²) < 4.78 is 15.4. The van der Waals surface area contributed by atoms with Gasteiger partial charge in [0, 0.05) is 37.3 Å². The molecule has 1 atom stereocenters. The van der Waals surface area contributed by atoms with Crippen molar-refractivity contribution in [2.45, 2.75) is 52.3 Å². The second-order valence-corrected chi connectivity index (χ2v) is 7.45. The Hall–Kier alpha value is -2.04. The highest BCUT2D eigenvalue weighted by atomic mass is 31.2. The van der Waals surface area contributed by atoms with Gasteiger partial charge in [-0.25, -0.2) is 4.57 Å². The number of pyridine rings is 1. The molecule has 0 unspecified atom stereocenters. The normalized spacial score (nSPS) is 12.6. The van der Waals surface area contributed by atoms with Crippen LogP contribution in [0.15, 0.2) is 6.20 Å². The van der Waals surface area contributed by atoms with E-state index in [2.05, 4.69) is 20.1 Å². The van der Waals surface area contributed by atoms with Crippen molar-refractivity contribution in [1.82, 2.24) is 15.6 Å². The number of carboxylic acid groups (broad SMARTS) is 1. The number of amides is 1. The standard InChI is InChI=1S/C16H26N3O8P/c1-10-15(21)13(12(7-18-10)9-27-28(24,25)26)8-19-14(16(22)23)5-3-4-6-17-11(2)20/h7,14,19,21H,3-6,8-9H2,1-2H3,(H,17,20)(H,22,23)(H2,24,25,26)/t14-/m0/s1. The quantitative estimate of drug-likeness (QED) is 0.207. The number of carboxylic acids is 1. The van der Waals surface area contributed by atoms with E-state index < -0.39 is 26.4 Å². The molecule has 0 bridgehead atoms. The van der Waals surface area contributed by atoms with Crippen molar-refractivity contribution < 1.29 is 38.7 Å². The molecule has 158 valence electrons. The van der Waals surface area contributed by atoms with Crippen molar-refractivity contribution in [2.75, 3.05) is 6.54 Å².